The first-order chi connectivity index (χ1) is 12.5. The maximum absolute atomic E-state index is 13.1. The van der Waals surface area contributed by atoms with Gasteiger partial charge in [-0.05, 0) is 36.8 Å². The summed E-state index contributed by atoms with van der Waals surface area (Å²) in [6.45, 7) is 5.58. The van der Waals surface area contributed by atoms with Crippen molar-refractivity contribution in [2.24, 2.45) is 0 Å². The molecule has 1 saturated heterocycles. The molecule has 26 heavy (non-hydrogen) atoms. The normalized spacial score (nSPS) is 20.3. The van der Waals surface area contributed by atoms with Crippen molar-refractivity contribution >= 4 is 34.8 Å². The minimum atomic E-state index is -0.342. The quantitative estimate of drug-likeness (QED) is 0.692. The molecule has 138 valence electrons. The third-order valence-electron chi connectivity index (χ3n) is 4.36. The minimum absolute atomic E-state index is 0.0239. The highest BCUT2D eigenvalue weighted by Gasteiger charge is 2.33. The van der Waals surface area contributed by atoms with Gasteiger partial charge < -0.3 is 25.6 Å². The maximum atomic E-state index is 13.1. The highest BCUT2D eigenvalue weighted by Crippen LogP contribution is 2.29. The molecule has 1 atom stereocenters. The maximum Gasteiger partial charge on any atom is 0.254 e. The third-order valence-corrected chi connectivity index (χ3v) is 4.58. The zero-order valence-corrected chi connectivity index (χ0v) is 15.6. The first kappa shape index (κ1) is 18.3. The van der Waals surface area contributed by atoms with Crippen molar-refractivity contribution in [3.63, 3.8) is 0 Å². The van der Waals surface area contributed by atoms with Crippen LogP contribution in [0, 0.1) is 0 Å². The molecule has 2 heterocycles. The van der Waals surface area contributed by atoms with E-state index in [0.717, 1.165) is 11.3 Å². The van der Waals surface area contributed by atoms with Crippen LogP contribution in [0.5, 0.6) is 0 Å². The molecule has 3 N–H and O–H groups in total. The van der Waals surface area contributed by atoms with Gasteiger partial charge in [0.2, 0.25) is 5.91 Å². The van der Waals surface area contributed by atoms with E-state index < -0.39 is 0 Å². The van der Waals surface area contributed by atoms with E-state index in [9.17, 15) is 9.59 Å². The minimum Gasteiger partial charge on any atom is -0.378 e. The van der Waals surface area contributed by atoms with Crippen LogP contribution in [0.2, 0.25) is 0 Å². The molecule has 1 aromatic rings. The summed E-state index contributed by atoms with van der Waals surface area (Å²) in [6.07, 6.45) is 0. The third kappa shape index (κ3) is 4.03. The largest absolute Gasteiger partial charge is 0.378 e. The molecule has 0 bridgehead atoms. The number of carbonyl (C=O) groups excluding carboxylic acids is 2. The van der Waals surface area contributed by atoms with Crippen LogP contribution in [0.3, 0.4) is 0 Å². The molecule has 0 aromatic heterocycles. The van der Waals surface area contributed by atoms with Crippen LogP contribution in [0.4, 0.5) is 5.69 Å². The number of allylic oxidation sites excluding steroid dienone is 1. The molecule has 3 rings (SSSR count). The molecule has 0 saturated carbocycles. The van der Waals surface area contributed by atoms with Crippen LogP contribution in [-0.4, -0.2) is 48.1 Å². The van der Waals surface area contributed by atoms with Crippen LogP contribution >= 0.6 is 12.2 Å². The van der Waals surface area contributed by atoms with E-state index in [1.165, 1.54) is 6.92 Å². The smallest absolute Gasteiger partial charge is 0.254 e. The Morgan fingerprint density at radius 3 is 2.50 bits per heavy atom. The second kappa shape index (κ2) is 7.84. The first-order valence-corrected chi connectivity index (χ1v) is 8.89. The molecule has 1 aromatic carbocycles. The fourth-order valence-electron chi connectivity index (χ4n) is 3.13. The molecule has 0 aliphatic carbocycles. The van der Waals surface area contributed by atoms with Crippen molar-refractivity contribution < 1.29 is 14.3 Å². The average molecular weight is 374 g/mol. The molecule has 2 aliphatic rings. The summed E-state index contributed by atoms with van der Waals surface area (Å²) >= 11 is 5.28. The number of nitrogens with one attached hydrogen (secondary N) is 3. The van der Waals surface area contributed by atoms with E-state index in [0.29, 0.717) is 42.7 Å². The Bertz CT molecular complexity index is 754. The highest BCUT2D eigenvalue weighted by atomic mass is 32.1. The predicted octanol–water partition coefficient (Wildman–Crippen LogP) is 1.30. The van der Waals surface area contributed by atoms with Crippen LogP contribution in [0.15, 0.2) is 35.5 Å². The molecule has 2 aliphatic heterocycles. The van der Waals surface area contributed by atoms with Crippen molar-refractivity contribution in [3.8, 4) is 0 Å². The standard InChI is InChI=1S/C18H22N4O3S/c1-11-15(17(24)22-7-9-25-10-8-22)16(21-18(26)19-11)13-3-5-14(6-4-13)20-12(2)23/h3-6,16H,7-10H2,1-2H3,(H,20,23)(H2,19,21,26)/t16-/m1/s1. The molecule has 0 spiro atoms. The number of rotatable bonds is 3. The van der Waals surface area contributed by atoms with Gasteiger partial charge in [0.05, 0.1) is 24.8 Å². The zero-order chi connectivity index (χ0) is 18.7. The second-order valence-electron chi connectivity index (χ2n) is 6.28. The number of carbonyl (C=O) groups is 2. The molecular formula is C18H22N4O3S. The van der Waals surface area contributed by atoms with E-state index in [4.69, 9.17) is 17.0 Å². The van der Waals surface area contributed by atoms with Gasteiger partial charge in [0.25, 0.3) is 5.91 Å². The lowest BCUT2D eigenvalue weighted by molar-refractivity contribution is -0.131. The first-order valence-electron chi connectivity index (χ1n) is 8.48. The lowest BCUT2D eigenvalue weighted by Gasteiger charge is -2.34. The number of ether oxygens (including phenoxy) is 1. The molecule has 0 radical (unpaired) electrons. The van der Waals surface area contributed by atoms with Crippen molar-refractivity contribution in [1.82, 2.24) is 15.5 Å². The molecule has 1 fully saturated rings. The van der Waals surface area contributed by atoms with Gasteiger partial charge in [-0.2, -0.15) is 0 Å². The SMILES string of the molecule is CC(=O)Nc1ccc([C@H]2NC(=S)NC(C)=C2C(=O)N2CCOCC2)cc1. The lowest BCUT2D eigenvalue weighted by atomic mass is 9.94. The summed E-state index contributed by atoms with van der Waals surface area (Å²) in [5.74, 6) is -0.151. The molecule has 8 heteroatoms. The van der Waals surface area contributed by atoms with Gasteiger partial charge in [-0.1, -0.05) is 12.1 Å². The number of hydrogen-bond acceptors (Lipinski definition) is 4. The highest BCUT2D eigenvalue weighted by molar-refractivity contribution is 7.80. The van der Waals surface area contributed by atoms with Crippen molar-refractivity contribution in [2.45, 2.75) is 19.9 Å². The Morgan fingerprint density at radius 2 is 1.88 bits per heavy atom. The van der Waals surface area contributed by atoms with Gasteiger partial charge in [0.1, 0.15) is 0 Å². The van der Waals surface area contributed by atoms with Crippen molar-refractivity contribution in [1.29, 1.82) is 0 Å². The fourth-order valence-corrected chi connectivity index (χ4v) is 3.40. The van der Waals surface area contributed by atoms with E-state index in [1.807, 2.05) is 31.2 Å². The monoisotopic (exact) mass is 374 g/mol. The Labute approximate surface area is 157 Å². The van der Waals surface area contributed by atoms with E-state index in [-0.39, 0.29) is 17.9 Å². The summed E-state index contributed by atoms with van der Waals surface area (Å²) in [5, 5.41) is 9.46. The van der Waals surface area contributed by atoms with Gasteiger partial charge in [-0.3, -0.25) is 9.59 Å². The Hall–Kier alpha value is -2.45. The van der Waals surface area contributed by atoms with Crippen molar-refractivity contribution in [2.75, 3.05) is 31.6 Å². The average Bonchev–Trinajstić information content (AvgIpc) is 2.61. The summed E-state index contributed by atoms with van der Waals surface area (Å²) < 4.78 is 5.34. The molecule has 0 unspecified atom stereocenters. The number of nitrogens with zero attached hydrogens (tertiary/aromatic N) is 1. The summed E-state index contributed by atoms with van der Waals surface area (Å²) in [5.41, 5.74) is 3.01. The van der Waals surface area contributed by atoms with Gasteiger partial charge in [-0.25, -0.2) is 0 Å². The molecule has 7 nitrogen and oxygen atoms in total. The lowest BCUT2D eigenvalue weighted by Crippen LogP contribution is -2.49. The van der Waals surface area contributed by atoms with Gasteiger partial charge in [0, 0.05) is 31.4 Å². The zero-order valence-electron chi connectivity index (χ0n) is 14.8. The molecule has 2 amide bonds. The second-order valence-corrected chi connectivity index (χ2v) is 6.69. The van der Waals surface area contributed by atoms with E-state index in [2.05, 4.69) is 16.0 Å². The Kier molecular flexibility index (Phi) is 5.53. The summed E-state index contributed by atoms with van der Waals surface area (Å²) in [4.78, 5) is 26.1. The van der Waals surface area contributed by atoms with E-state index >= 15 is 0 Å². The van der Waals surface area contributed by atoms with Gasteiger partial charge in [0.15, 0.2) is 5.11 Å². The number of hydrogen-bond donors (Lipinski definition) is 3. The summed E-state index contributed by atoms with van der Waals surface area (Å²) in [6, 6.07) is 7.06. The van der Waals surface area contributed by atoms with Crippen LogP contribution in [-0.2, 0) is 14.3 Å². The number of thiocarbonyl (C=S) groups is 1. The van der Waals surface area contributed by atoms with Crippen LogP contribution in [0.1, 0.15) is 25.5 Å². The number of benzene rings is 1. The Morgan fingerprint density at radius 1 is 1.23 bits per heavy atom. The summed E-state index contributed by atoms with van der Waals surface area (Å²) in [7, 11) is 0. The van der Waals surface area contributed by atoms with Crippen LogP contribution in [0.25, 0.3) is 0 Å². The van der Waals surface area contributed by atoms with Crippen molar-refractivity contribution in [3.05, 3.63) is 41.1 Å². The number of morpholine rings is 1. The molecular weight excluding hydrogens is 352 g/mol. The number of amides is 2. The van der Waals surface area contributed by atoms with Crippen LogP contribution < -0.4 is 16.0 Å². The fraction of sp³-hybridized carbons (Fsp3) is 0.389. The van der Waals surface area contributed by atoms with Gasteiger partial charge >= 0.3 is 0 Å². The Balaban J connectivity index is 1.89. The van der Waals surface area contributed by atoms with E-state index in [1.54, 1.807) is 4.90 Å². The topological polar surface area (TPSA) is 82.7 Å². The van der Waals surface area contributed by atoms with Gasteiger partial charge in [-0.15, -0.1) is 0 Å². The predicted molar refractivity (Wildman–Crippen MR) is 102 cm³/mol. The number of anilines is 1.